The Bertz CT molecular complexity index is 1250. The summed E-state index contributed by atoms with van der Waals surface area (Å²) in [6.07, 6.45) is 0.134. The monoisotopic (exact) mass is 476 g/mol. The molecular weight excluding hydrogens is 457 g/mol. The summed E-state index contributed by atoms with van der Waals surface area (Å²) in [6.45, 7) is -3.01. The van der Waals surface area contributed by atoms with E-state index in [1.165, 1.54) is 24.3 Å². The lowest BCUT2D eigenvalue weighted by Crippen LogP contribution is -2.50. The average molecular weight is 476 g/mol. The van der Waals surface area contributed by atoms with E-state index in [0.29, 0.717) is 5.69 Å². The van der Waals surface area contributed by atoms with Crippen LogP contribution in [0.3, 0.4) is 0 Å². The first-order valence-corrected chi connectivity index (χ1v) is 11.4. The molecule has 0 aromatic heterocycles. The van der Waals surface area contributed by atoms with Crippen LogP contribution in [0.25, 0.3) is 0 Å². The molecule has 33 heavy (non-hydrogen) atoms. The van der Waals surface area contributed by atoms with Gasteiger partial charge < -0.3 is 10.1 Å². The Morgan fingerprint density at radius 2 is 1.61 bits per heavy atom. The van der Waals surface area contributed by atoms with Crippen molar-refractivity contribution in [2.75, 3.05) is 5.32 Å². The van der Waals surface area contributed by atoms with E-state index in [1.54, 1.807) is 18.2 Å². The molecule has 4 rings (SSSR count). The van der Waals surface area contributed by atoms with Gasteiger partial charge in [0.05, 0.1) is 4.90 Å². The van der Waals surface area contributed by atoms with Crippen molar-refractivity contribution in [2.45, 2.75) is 30.5 Å². The molecule has 0 saturated heterocycles. The molecule has 1 heterocycles. The van der Waals surface area contributed by atoms with Crippen LogP contribution in [-0.2, 0) is 27.8 Å². The molecule has 3 aromatic carbocycles. The van der Waals surface area contributed by atoms with Crippen LogP contribution in [0.15, 0.2) is 77.7 Å². The Labute approximate surface area is 188 Å². The molecule has 1 amide bonds. The fourth-order valence-corrected chi connectivity index (χ4v) is 5.23. The maximum Gasteiger partial charge on any atom is 0.387 e. The number of carbonyl (C=O) groups excluding carboxylic acids is 1. The van der Waals surface area contributed by atoms with Crippen LogP contribution in [0, 0.1) is 5.82 Å². The molecule has 172 valence electrons. The summed E-state index contributed by atoms with van der Waals surface area (Å²) >= 11 is 0. The Balaban J connectivity index is 1.63. The average Bonchev–Trinajstić information content (AvgIpc) is 2.79. The van der Waals surface area contributed by atoms with Crippen molar-refractivity contribution >= 4 is 21.6 Å². The smallest absolute Gasteiger partial charge is 0.387 e. The van der Waals surface area contributed by atoms with Crippen molar-refractivity contribution in [1.82, 2.24) is 4.31 Å². The standard InChI is InChI=1S/C23H19F3N2O4S/c24-17-5-11-20(12-6-17)33(30,31)28-14-16-4-2-1-3-15(16)13-21(28)22(29)27-18-7-9-19(10-8-18)32-23(25)26/h1-12,21,23H,13-14H2,(H,27,29)/t21-/m1/s1. The van der Waals surface area contributed by atoms with Crippen molar-refractivity contribution in [3.63, 3.8) is 0 Å². The highest BCUT2D eigenvalue weighted by Gasteiger charge is 2.39. The lowest BCUT2D eigenvalue weighted by molar-refractivity contribution is -0.120. The van der Waals surface area contributed by atoms with Gasteiger partial charge in [0.15, 0.2) is 0 Å². The van der Waals surface area contributed by atoms with Crippen molar-refractivity contribution in [3.8, 4) is 5.75 Å². The second kappa shape index (κ2) is 9.24. The lowest BCUT2D eigenvalue weighted by Gasteiger charge is -2.35. The minimum Gasteiger partial charge on any atom is -0.435 e. The van der Waals surface area contributed by atoms with E-state index in [9.17, 15) is 26.4 Å². The highest BCUT2D eigenvalue weighted by Crippen LogP contribution is 2.30. The fourth-order valence-electron chi connectivity index (χ4n) is 3.66. The molecule has 0 fully saturated rings. The first-order valence-electron chi connectivity index (χ1n) is 9.94. The third-order valence-corrected chi connectivity index (χ3v) is 7.14. The zero-order chi connectivity index (χ0) is 23.6. The molecule has 0 saturated carbocycles. The Hall–Kier alpha value is -3.37. The summed E-state index contributed by atoms with van der Waals surface area (Å²) < 4.78 is 70.1. The van der Waals surface area contributed by atoms with Gasteiger partial charge in [0.25, 0.3) is 0 Å². The number of rotatable bonds is 6. The number of halogens is 3. The topological polar surface area (TPSA) is 75.7 Å². The maximum atomic E-state index is 13.4. The van der Waals surface area contributed by atoms with Gasteiger partial charge in [-0.05, 0) is 66.1 Å². The third-order valence-electron chi connectivity index (χ3n) is 5.28. The first-order chi connectivity index (χ1) is 15.7. The number of anilines is 1. The molecular formula is C23H19F3N2O4S. The van der Waals surface area contributed by atoms with Gasteiger partial charge in [0.1, 0.15) is 17.6 Å². The SMILES string of the molecule is O=C(Nc1ccc(OC(F)F)cc1)[C@H]1Cc2ccccc2CN1S(=O)(=O)c1ccc(F)cc1. The molecule has 6 nitrogen and oxygen atoms in total. The molecule has 1 aliphatic rings. The summed E-state index contributed by atoms with van der Waals surface area (Å²) in [5, 5.41) is 2.64. The molecule has 1 N–H and O–H groups in total. The van der Waals surface area contributed by atoms with Crippen molar-refractivity contribution in [1.29, 1.82) is 0 Å². The predicted octanol–water partition coefficient (Wildman–Crippen LogP) is 4.18. The summed E-state index contributed by atoms with van der Waals surface area (Å²) in [5.74, 6) is -1.24. The van der Waals surface area contributed by atoms with Gasteiger partial charge in [0, 0.05) is 12.2 Å². The van der Waals surface area contributed by atoms with Crippen molar-refractivity contribution in [3.05, 3.63) is 89.7 Å². The number of carbonyl (C=O) groups is 1. The van der Waals surface area contributed by atoms with E-state index in [4.69, 9.17) is 0 Å². The van der Waals surface area contributed by atoms with Crippen LogP contribution in [0.4, 0.5) is 18.9 Å². The van der Waals surface area contributed by atoms with Crippen LogP contribution in [0.2, 0.25) is 0 Å². The summed E-state index contributed by atoms with van der Waals surface area (Å²) in [4.78, 5) is 13.0. The highest BCUT2D eigenvalue weighted by atomic mass is 32.2. The molecule has 0 unspecified atom stereocenters. The number of hydrogen-bond donors (Lipinski definition) is 1. The number of sulfonamides is 1. The highest BCUT2D eigenvalue weighted by molar-refractivity contribution is 7.89. The van der Waals surface area contributed by atoms with Gasteiger partial charge in [0.2, 0.25) is 15.9 Å². The number of nitrogens with one attached hydrogen (secondary N) is 1. The number of hydrogen-bond acceptors (Lipinski definition) is 4. The Morgan fingerprint density at radius 3 is 2.24 bits per heavy atom. The number of benzene rings is 3. The molecule has 0 radical (unpaired) electrons. The maximum absolute atomic E-state index is 13.4. The molecule has 3 aromatic rings. The predicted molar refractivity (Wildman–Crippen MR) is 115 cm³/mol. The fraction of sp³-hybridized carbons (Fsp3) is 0.174. The molecule has 0 spiro atoms. The summed E-state index contributed by atoms with van der Waals surface area (Å²) in [7, 11) is -4.13. The van der Waals surface area contributed by atoms with Gasteiger partial charge >= 0.3 is 6.61 Å². The first kappa shape index (κ1) is 22.8. The number of ether oxygens (including phenoxy) is 1. The zero-order valence-electron chi connectivity index (χ0n) is 17.1. The minimum atomic E-state index is -4.13. The van der Waals surface area contributed by atoms with Gasteiger partial charge in [-0.25, -0.2) is 12.8 Å². The van der Waals surface area contributed by atoms with Gasteiger partial charge in [-0.2, -0.15) is 13.1 Å². The van der Waals surface area contributed by atoms with Crippen molar-refractivity contribution < 1.29 is 31.1 Å². The molecule has 0 aliphatic carbocycles. The second-order valence-corrected chi connectivity index (χ2v) is 9.28. The summed E-state index contributed by atoms with van der Waals surface area (Å²) in [6, 6.07) is 15.8. The lowest BCUT2D eigenvalue weighted by atomic mass is 9.95. The number of amides is 1. The van der Waals surface area contributed by atoms with Crippen LogP contribution in [0.1, 0.15) is 11.1 Å². The van der Waals surface area contributed by atoms with Gasteiger partial charge in [-0.3, -0.25) is 4.79 Å². The van der Waals surface area contributed by atoms with E-state index in [0.717, 1.165) is 39.7 Å². The number of nitrogens with zero attached hydrogens (tertiary/aromatic N) is 1. The van der Waals surface area contributed by atoms with Gasteiger partial charge in [-0.1, -0.05) is 24.3 Å². The summed E-state index contributed by atoms with van der Waals surface area (Å²) in [5.41, 5.74) is 1.89. The van der Waals surface area contributed by atoms with Crippen LogP contribution < -0.4 is 10.1 Å². The van der Waals surface area contributed by atoms with E-state index >= 15 is 0 Å². The van der Waals surface area contributed by atoms with Crippen LogP contribution in [0.5, 0.6) is 5.75 Å². The molecule has 0 bridgehead atoms. The van der Waals surface area contributed by atoms with E-state index in [1.807, 2.05) is 6.07 Å². The third kappa shape index (κ3) is 5.01. The Morgan fingerprint density at radius 1 is 0.970 bits per heavy atom. The largest absolute Gasteiger partial charge is 0.435 e. The van der Waals surface area contributed by atoms with Crippen LogP contribution >= 0.6 is 0 Å². The normalized spacial score (nSPS) is 16.3. The van der Waals surface area contributed by atoms with Crippen molar-refractivity contribution in [2.24, 2.45) is 0 Å². The zero-order valence-corrected chi connectivity index (χ0v) is 17.9. The number of fused-ring (bicyclic) bond motifs is 1. The number of alkyl halides is 2. The molecule has 10 heteroatoms. The Kier molecular flexibility index (Phi) is 6.39. The van der Waals surface area contributed by atoms with Crippen LogP contribution in [-0.4, -0.2) is 31.3 Å². The van der Waals surface area contributed by atoms with E-state index in [2.05, 4.69) is 10.1 Å². The quantitative estimate of drug-likeness (QED) is 0.579. The minimum absolute atomic E-state index is 0.0326. The molecule has 1 aliphatic heterocycles. The van der Waals surface area contributed by atoms with E-state index in [-0.39, 0.29) is 23.6 Å². The van der Waals surface area contributed by atoms with Gasteiger partial charge in [-0.15, -0.1) is 0 Å². The van der Waals surface area contributed by atoms with E-state index < -0.39 is 34.4 Å². The molecule has 1 atom stereocenters. The second-order valence-electron chi connectivity index (χ2n) is 7.38.